The second-order valence-corrected chi connectivity index (χ2v) is 4.73. The number of nitrogens with one attached hydrogen (secondary N) is 1. The number of hydrogen-bond acceptors (Lipinski definition) is 5. The fraction of sp³-hybridized carbons (Fsp3) is 0.929. The van der Waals surface area contributed by atoms with Crippen LogP contribution in [0.1, 0.15) is 34.1 Å². The van der Waals surface area contributed by atoms with Crippen LogP contribution in [0, 0.1) is 5.92 Å². The van der Waals surface area contributed by atoms with Gasteiger partial charge in [0.2, 0.25) is 0 Å². The maximum Gasteiger partial charge on any atom is 0.323 e. The summed E-state index contributed by atoms with van der Waals surface area (Å²) in [5.41, 5.74) is 0. The zero-order valence-electron chi connectivity index (χ0n) is 12.7. The fourth-order valence-electron chi connectivity index (χ4n) is 1.53. The van der Waals surface area contributed by atoms with Gasteiger partial charge in [-0.15, -0.1) is 0 Å². The van der Waals surface area contributed by atoms with Crippen LogP contribution in [0.3, 0.4) is 0 Å². The van der Waals surface area contributed by atoms with Gasteiger partial charge >= 0.3 is 5.97 Å². The second kappa shape index (κ2) is 12.4. The normalized spacial score (nSPS) is 12.7. The molecule has 19 heavy (non-hydrogen) atoms. The molecule has 1 unspecified atom stereocenters. The van der Waals surface area contributed by atoms with Crippen LogP contribution in [0.25, 0.3) is 0 Å². The summed E-state index contributed by atoms with van der Waals surface area (Å²) in [6.45, 7) is 11.6. The molecule has 5 heteroatoms. The summed E-state index contributed by atoms with van der Waals surface area (Å²) in [5.74, 6) is 0.339. The van der Waals surface area contributed by atoms with Crippen LogP contribution in [0.15, 0.2) is 0 Å². The molecule has 0 bridgehead atoms. The smallest absolute Gasteiger partial charge is 0.323 e. The molecular weight excluding hydrogens is 246 g/mol. The van der Waals surface area contributed by atoms with Crippen molar-refractivity contribution in [1.29, 1.82) is 0 Å². The first-order valence-electron chi connectivity index (χ1n) is 7.17. The third-order valence-corrected chi connectivity index (χ3v) is 2.40. The summed E-state index contributed by atoms with van der Waals surface area (Å²) < 4.78 is 15.8. The van der Waals surface area contributed by atoms with Crippen LogP contribution >= 0.6 is 0 Å². The number of carbonyl (C=O) groups excluding carboxylic acids is 1. The van der Waals surface area contributed by atoms with Crippen molar-refractivity contribution in [3.63, 3.8) is 0 Å². The van der Waals surface area contributed by atoms with Gasteiger partial charge in [0.1, 0.15) is 6.04 Å². The predicted molar refractivity (Wildman–Crippen MR) is 75.2 cm³/mol. The topological polar surface area (TPSA) is 56.8 Å². The molecular formula is C14H29NO4. The Hall–Kier alpha value is -0.650. The zero-order chi connectivity index (χ0) is 14.5. The van der Waals surface area contributed by atoms with E-state index in [4.69, 9.17) is 14.2 Å². The van der Waals surface area contributed by atoms with Gasteiger partial charge in [-0.05, 0) is 25.8 Å². The molecule has 0 aromatic carbocycles. The lowest BCUT2D eigenvalue weighted by Gasteiger charge is -2.16. The number of rotatable bonds is 12. The Morgan fingerprint density at radius 3 is 2.37 bits per heavy atom. The number of esters is 1. The van der Waals surface area contributed by atoms with E-state index in [-0.39, 0.29) is 12.0 Å². The molecule has 0 aromatic rings. The Kier molecular flexibility index (Phi) is 12.0. The molecule has 0 aliphatic carbocycles. The van der Waals surface area contributed by atoms with Crippen molar-refractivity contribution in [2.24, 2.45) is 5.92 Å². The van der Waals surface area contributed by atoms with E-state index in [1.54, 1.807) is 0 Å². The van der Waals surface area contributed by atoms with Crippen LogP contribution in [0.5, 0.6) is 0 Å². The standard InChI is InChI=1S/C14H29NO4/c1-5-15-13(14(16)19-6-2)7-8-17-9-10-18-11-12(3)4/h12-13,15H,5-11H2,1-4H3. The van der Waals surface area contributed by atoms with Crippen molar-refractivity contribution in [2.45, 2.75) is 40.2 Å². The van der Waals surface area contributed by atoms with Crippen LogP contribution in [0.4, 0.5) is 0 Å². The van der Waals surface area contributed by atoms with Gasteiger partial charge in [-0.2, -0.15) is 0 Å². The zero-order valence-corrected chi connectivity index (χ0v) is 12.7. The van der Waals surface area contributed by atoms with Crippen molar-refractivity contribution < 1.29 is 19.0 Å². The molecule has 1 N–H and O–H groups in total. The summed E-state index contributed by atoms with van der Waals surface area (Å²) in [5, 5.41) is 3.10. The summed E-state index contributed by atoms with van der Waals surface area (Å²) in [4.78, 5) is 11.6. The first-order valence-corrected chi connectivity index (χ1v) is 7.17. The maximum absolute atomic E-state index is 11.6. The van der Waals surface area contributed by atoms with E-state index in [9.17, 15) is 4.79 Å². The molecule has 0 saturated carbocycles. The Morgan fingerprint density at radius 1 is 1.11 bits per heavy atom. The number of likely N-dealkylation sites (N-methyl/N-ethyl adjacent to an activating group) is 1. The van der Waals surface area contributed by atoms with Crippen LogP contribution < -0.4 is 5.32 Å². The van der Waals surface area contributed by atoms with Gasteiger partial charge in [-0.3, -0.25) is 4.79 Å². The highest BCUT2D eigenvalue weighted by molar-refractivity contribution is 5.75. The minimum absolute atomic E-state index is 0.205. The van der Waals surface area contributed by atoms with Crippen molar-refractivity contribution in [3.8, 4) is 0 Å². The molecule has 0 heterocycles. The lowest BCUT2D eigenvalue weighted by atomic mass is 10.2. The molecule has 1 atom stereocenters. The molecule has 0 spiro atoms. The van der Waals surface area contributed by atoms with Gasteiger partial charge in [0.05, 0.1) is 19.8 Å². The van der Waals surface area contributed by atoms with E-state index in [2.05, 4.69) is 19.2 Å². The highest BCUT2D eigenvalue weighted by Crippen LogP contribution is 1.97. The van der Waals surface area contributed by atoms with Gasteiger partial charge in [0.15, 0.2) is 0 Å². The first kappa shape index (κ1) is 18.4. The van der Waals surface area contributed by atoms with Gasteiger partial charge in [-0.25, -0.2) is 0 Å². The average Bonchev–Trinajstić information content (AvgIpc) is 2.36. The lowest BCUT2D eigenvalue weighted by Crippen LogP contribution is -2.39. The highest BCUT2D eigenvalue weighted by Gasteiger charge is 2.17. The molecule has 0 saturated heterocycles. The molecule has 0 fully saturated rings. The average molecular weight is 275 g/mol. The molecule has 0 aromatic heterocycles. The third-order valence-electron chi connectivity index (χ3n) is 2.40. The largest absolute Gasteiger partial charge is 0.465 e. The summed E-state index contributed by atoms with van der Waals surface area (Å²) in [6.07, 6.45) is 0.622. The summed E-state index contributed by atoms with van der Waals surface area (Å²) in [7, 11) is 0. The van der Waals surface area contributed by atoms with Gasteiger partial charge in [0.25, 0.3) is 0 Å². The van der Waals surface area contributed by atoms with E-state index in [1.807, 2.05) is 13.8 Å². The van der Waals surface area contributed by atoms with Crippen LogP contribution in [-0.2, 0) is 19.0 Å². The molecule has 114 valence electrons. The van der Waals surface area contributed by atoms with E-state index in [1.165, 1.54) is 0 Å². The quantitative estimate of drug-likeness (QED) is 0.433. The molecule has 0 aliphatic heterocycles. The second-order valence-electron chi connectivity index (χ2n) is 4.73. The summed E-state index contributed by atoms with van der Waals surface area (Å²) >= 11 is 0. The SMILES string of the molecule is CCNC(CCOCCOCC(C)C)C(=O)OCC. The van der Waals surface area contributed by atoms with Crippen molar-refractivity contribution in [1.82, 2.24) is 5.32 Å². The van der Waals surface area contributed by atoms with Crippen LogP contribution in [-0.4, -0.2) is 51.6 Å². The van der Waals surface area contributed by atoms with Gasteiger partial charge in [0, 0.05) is 13.2 Å². The Labute approximate surface area is 117 Å². The molecule has 0 radical (unpaired) electrons. The molecule has 0 aliphatic rings. The lowest BCUT2D eigenvalue weighted by molar-refractivity contribution is -0.146. The van der Waals surface area contributed by atoms with Gasteiger partial charge in [-0.1, -0.05) is 20.8 Å². The number of hydrogen-bond donors (Lipinski definition) is 1. The molecule has 5 nitrogen and oxygen atoms in total. The van der Waals surface area contributed by atoms with Crippen LogP contribution in [0.2, 0.25) is 0 Å². The number of ether oxygens (including phenoxy) is 3. The Balaban J connectivity index is 3.61. The molecule has 0 amide bonds. The number of carbonyl (C=O) groups is 1. The highest BCUT2D eigenvalue weighted by atomic mass is 16.5. The monoisotopic (exact) mass is 275 g/mol. The van der Waals surface area contributed by atoms with Crippen molar-refractivity contribution in [2.75, 3.05) is 39.6 Å². The minimum atomic E-state index is -0.276. The third kappa shape index (κ3) is 10.9. The van der Waals surface area contributed by atoms with Crippen molar-refractivity contribution in [3.05, 3.63) is 0 Å². The van der Waals surface area contributed by atoms with E-state index < -0.39 is 0 Å². The Bertz CT molecular complexity index is 221. The van der Waals surface area contributed by atoms with E-state index >= 15 is 0 Å². The Morgan fingerprint density at radius 2 is 1.79 bits per heavy atom. The van der Waals surface area contributed by atoms with E-state index in [0.717, 1.165) is 13.2 Å². The van der Waals surface area contributed by atoms with Gasteiger partial charge < -0.3 is 19.5 Å². The first-order chi connectivity index (χ1) is 9.11. The van der Waals surface area contributed by atoms with Crippen molar-refractivity contribution >= 4 is 5.97 Å². The maximum atomic E-state index is 11.6. The van der Waals surface area contributed by atoms with E-state index in [0.29, 0.717) is 38.8 Å². The minimum Gasteiger partial charge on any atom is -0.465 e. The fourth-order valence-corrected chi connectivity index (χ4v) is 1.53. The molecule has 0 rings (SSSR count). The summed E-state index contributed by atoms with van der Waals surface area (Å²) in [6, 6.07) is -0.276. The predicted octanol–water partition coefficient (Wildman–Crippen LogP) is 1.61.